The Hall–Kier alpha value is -2.74. The summed E-state index contributed by atoms with van der Waals surface area (Å²) >= 11 is 3.43. The average Bonchev–Trinajstić information content (AvgIpc) is 3.43. The fourth-order valence-electron chi connectivity index (χ4n) is 6.20. The first-order valence-corrected chi connectivity index (χ1v) is 17.4. The van der Waals surface area contributed by atoms with Crippen molar-refractivity contribution in [3.05, 3.63) is 40.9 Å². The lowest BCUT2D eigenvalue weighted by atomic mass is 10.1. The van der Waals surface area contributed by atoms with Crippen molar-refractivity contribution in [2.75, 3.05) is 52.4 Å². The zero-order chi connectivity index (χ0) is 30.7. The molecule has 0 saturated carbocycles. The first-order chi connectivity index (χ1) is 20.5. The summed E-state index contributed by atoms with van der Waals surface area (Å²) in [6.07, 6.45) is 2.80. The summed E-state index contributed by atoms with van der Waals surface area (Å²) in [6.45, 7) is 8.46. The molecule has 0 spiro atoms. The van der Waals surface area contributed by atoms with E-state index < -0.39 is 16.1 Å². The van der Waals surface area contributed by atoms with Crippen molar-refractivity contribution in [3.63, 3.8) is 0 Å². The Kier molecular flexibility index (Phi) is 9.94. The number of hydrogen-bond donors (Lipinski definition) is 2. The number of carbonyl (C=O) groups excluding carboxylic acids is 3. The van der Waals surface area contributed by atoms with Crippen LogP contribution < -0.4 is 10.0 Å². The van der Waals surface area contributed by atoms with Gasteiger partial charge in [0, 0.05) is 62.4 Å². The molecule has 2 N–H and O–H groups in total. The maximum atomic E-state index is 13.4. The molecule has 11 nitrogen and oxygen atoms in total. The lowest BCUT2D eigenvalue weighted by Crippen LogP contribution is -2.56. The van der Waals surface area contributed by atoms with Crippen LogP contribution in [0.25, 0.3) is 10.8 Å². The minimum absolute atomic E-state index is 0.0372. The second-order valence-corrected chi connectivity index (χ2v) is 14.6. The van der Waals surface area contributed by atoms with E-state index in [0.29, 0.717) is 39.0 Å². The van der Waals surface area contributed by atoms with Crippen LogP contribution in [0.5, 0.6) is 0 Å². The maximum Gasteiger partial charge on any atom is 0.317 e. The summed E-state index contributed by atoms with van der Waals surface area (Å²) in [5, 5.41) is 4.63. The molecule has 3 aliphatic rings. The molecule has 43 heavy (non-hydrogen) atoms. The van der Waals surface area contributed by atoms with Crippen LogP contribution in [-0.2, 0) is 19.6 Å². The maximum absolute atomic E-state index is 13.4. The van der Waals surface area contributed by atoms with E-state index in [1.807, 2.05) is 41.8 Å². The highest BCUT2D eigenvalue weighted by molar-refractivity contribution is 9.10. The molecular formula is C30H41BrN6O5S. The quantitative estimate of drug-likeness (QED) is 0.443. The Labute approximate surface area is 262 Å². The third kappa shape index (κ3) is 7.68. The number of urea groups is 1. The van der Waals surface area contributed by atoms with Crippen molar-refractivity contribution in [1.29, 1.82) is 0 Å². The highest BCUT2D eigenvalue weighted by atomic mass is 79.9. The first kappa shape index (κ1) is 31.7. The fraction of sp³-hybridized carbons (Fsp3) is 0.567. The van der Waals surface area contributed by atoms with Gasteiger partial charge in [-0.1, -0.05) is 28.1 Å². The molecule has 2 aromatic carbocycles. The molecule has 2 aromatic rings. The number of rotatable bonds is 8. The predicted octanol–water partition coefficient (Wildman–Crippen LogP) is 2.60. The van der Waals surface area contributed by atoms with Crippen LogP contribution >= 0.6 is 15.9 Å². The van der Waals surface area contributed by atoms with E-state index in [0.717, 1.165) is 47.7 Å². The van der Waals surface area contributed by atoms with Gasteiger partial charge in [-0.2, -0.15) is 4.72 Å². The Morgan fingerprint density at radius 1 is 0.953 bits per heavy atom. The minimum atomic E-state index is -3.94. The first-order valence-electron chi connectivity index (χ1n) is 15.1. The summed E-state index contributed by atoms with van der Waals surface area (Å²) in [5.74, 6) is -0.463. The third-order valence-corrected chi connectivity index (χ3v) is 10.4. The molecule has 234 valence electrons. The summed E-state index contributed by atoms with van der Waals surface area (Å²) in [6, 6.07) is 9.71. The van der Waals surface area contributed by atoms with Gasteiger partial charge in [0.15, 0.2) is 0 Å². The number of nitrogens with zero attached hydrogens (tertiary/aromatic N) is 4. The summed E-state index contributed by atoms with van der Waals surface area (Å²) < 4.78 is 30.0. The smallest absolute Gasteiger partial charge is 0.317 e. The Balaban J connectivity index is 1.15. The number of benzene rings is 2. The fourth-order valence-corrected chi connectivity index (χ4v) is 7.84. The number of piperazine rings is 1. The molecule has 0 bridgehead atoms. The highest BCUT2D eigenvalue weighted by Gasteiger charge is 2.37. The summed E-state index contributed by atoms with van der Waals surface area (Å²) in [7, 11) is -3.94. The largest absolute Gasteiger partial charge is 0.337 e. The van der Waals surface area contributed by atoms with E-state index in [2.05, 4.69) is 30.9 Å². The van der Waals surface area contributed by atoms with Crippen LogP contribution in [0.2, 0.25) is 0 Å². The molecular weight excluding hydrogens is 636 g/mol. The molecule has 3 fully saturated rings. The second kappa shape index (κ2) is 13.5. The third-order valence-electron chi connectivity index (χ3n) is 8.48. The van der Waals surface area contributed by atoms with Crippen LogP contribution in [0.3, 0.4) is 0 Å². The highest BCUT2D eigenvalue weighted by Crippen LogP contribution is 2.24. The average molecular weight is 678 g/mol. The lowest BCUT2D eigenvalue weighted by Gasteiger charge is -2.38. The van der Waals surface area contributed by atoms with Crippen molar-refractivity contribution in [1.82, 2.24) is 29.6 Å². The Morgan fingerprint density at radius 2 is 1.65 bits per heavy atom. The molecule has 13 heteroatoms. The monoisotopic (exact) mass is 676 g/mol. The van der Waals surface area contributed by atoms with E-state index in [1.54, 1.807) is 18.2 Å². The van der Waals surface area contributed by atoms with Crippen molar-refractivity contribution in [3.8, 4) is 0 Å². The molecule has 3 heterocycles. The van der Waals surface area contributed by atoms with E-state index in [-0.39, 0.29) is 41.4 Å². The standard InChI is InChI=1S/C30H41BrN6O5S/c1-21(2)32-30(40)35-15-13-34(14-16-35)19-25-5-3-12-37(25)28(38)20-36-11-4-6-27(29(36)39)33-43(41,42)26-10-8-22-17-24(31)9-7-23(22)18-26/h7-10,17-18,21,25,27,33H,3-6,11-16,19-20H2,1-2H3,(H,32,40)/t25-,27-/m0/s1. The molecule has 0 aromatic heterocycles. The number of amides is 4. The molecule has 0 aliphatic carbocycles. The number of carbonyl (C=O) groups is 3. The van der Waals surface area contributed by atoms with Gasteiger partial charge in [-0.25, -0.2) is 13.2 Å². The summed E-state index contributed by atoms with van der Waals surface area (Å²) in [5.41, 5.74) is 0. The molecule has 4 amide bonds. The van der Waals surface area contributed by atoms with Crippen molar-refractivity contribution < 1.29 is 22.8 Å². The molecule has 5 rings (SSSR count). The van der Waals surface area contributed by atoms with Gasteiger partial charge in [-0.05, 0) is 74.6 Å². The molecule has 0 radical (unpaired) electrons. The number of likely N-dealkylation sites (tertiary alicyclic amines) is 2. The van der Waals surface area contributed by atoms with Gasteiger partial charge in [0.2, 0.25) is 21.8 Å². The van der Waals surface area contributed by atoms with E-state index in [1.165, 1.54) is 4.90 Å². The summed E-state index contributed by atoms with van der Waals surface area (Å²) in [4.78, 5) is 46.7. The van der Waals surface area contributed by atoms with Crippen LogP contribution in [0.1, 0.15) is 39.5 Å². The van der Waals surface area contributed by atoms with Crippen LogP contribution in [0.15, 0.2) is 45.8 Å². The number of fused-ring (bicyclic) bond motifs is 1. The van der Waals surface area contributed by atoms with E-state index in [9.17, 15) is 22.8 Å². The predicted molar refractivity (Wildman–Crippen MR) is 168 cm³/mol. The van der Waals surface area contributed by atoms with Gasteiger partial charge in [0.1, 0.15) is 6.04 Å². The SMILES string of the molecule is CC(C)NC(=O)N1CCN(C[C@@H]2CCCN2C(=O)CN2CCC[C@H](NS(=O)(=O)c3ccc4cc(Br)ccc4c3)C2=O)CC1. The lowest BCUT2D eigenvalue weighted by molar-refractivity contribution is -0.143. The Morgan fingerprint density at radius 3 is 2.40 bits per heavy atom. The number of sulfonamides is 1. The molecule has 0 unspecified atom stereocenters. The molecule has 3 aliphatic heterocycles. The van der Waals surface area contributed by atoms with Gasteiger partial charge in [-0.3, -0.25) is 14.5 Å². The van der Waals surface area contributed by atoms with Crippen molar-refractivity contribution in [2.45, 2.75) is 62.6 Å². The van der Waals surface area contributed by atoms with Crippen LogP contribution in [0.4, 0.5) is 4.79 Å². The number of nitrogens with one attached hydrogen (secondary N) is 2. The van der Waals surface area contributed by atoms with Gasteiger partial charge in [-0.15, -0.1) is 0 Å². The number of piperidine rings is 1. The minimum Gasteiger partial charge on any atom is -0.337 e. The normalized spacial score (nSPS) is 22.0. The van der Waals surface area contributed by atoms with Gasteiger partial charge in [0.25, 0.3) is 0 Å². The second-order valence-electron chi connectivity index (χ2n) is 12.0. The Bertz CT molecular complexity index is 1460. The topological polar surface area (TPSA) is 122 Å². The van der Waals surface area contributed by atoms with Crippen LogP contribution in [0, 0.1) is 0 Å². The van der Waals surface area contributed by atoms with Crippen LogP contribution in [-0.4, -0.2) is 116 Å². The van der Waals surface area contributed by atoms with Gasteiger partial charge >= 0.3 is 6.03 Å². The molecule has 2 atom stereocenters. The number of halogens is 1. The van der Waals surface area contributed by atoms with Gasteiger partial charge < -0.3 is 20.0 Å². The zero-order valence-corrected chi connectivity index (χ0v) is 27.2. The zero-order valence-electron chi connectivity index (χ0n) is 24.8. The van der Waals surface area contributed by atoms with Crippen molar-refractivity contribution >= 4 is 54.6 Å². The van der Waals surface area contributed by atoms with Crippen molar-refractivity contribution in [2.24, 2.45) is 0 Å². The number of hydrogen-bond acceptors (Lipinski definition) is 6. The van der Waals surface area contributed by atoms with E-state index in [4.69, 9.17) is 0 Å². The van der Waals surface area contributed by atoms with E-state index >= 15 is 0 Å². The van der Waals surface area contributed by atoms with Gasteiger partial charge in [0.05, 0.1) is 11.4 Å². The molecule has 3 saturated heterocycles.